The summed E-state index contributed by atoms with van der Waals surface area (Å²) in [6.07, 6.45) is 0. The van der Waals surface area contributed by atoms with Crippen molar-refractivity contribution in [1.82, 2.24) is 4.90 Å². The van der Waals surface area contributed by atoms with E-state index in [0.717, 1.165) is 18.7 Å². The molecule has 0 spiro atoms. The van der Waals surface area contributed by atoms with Gasteiger partial charge in [-0.05, 0) is 24.0 Å². The fourth-order valence-corrected chi connectivity index (χ4v) is 3.36. The molecule has 3 unspecified atom stereocenters. The Kier molecular flexibility index (Phi) is 4.54. The SMILES string of the molecule is CC1CN(C(CN)c2c(Cl)cccc2Cl)CC1C. The molecule has 1 fully saturated rings. The smallest absolute Gasteiger partial charge is 0.0500 e. The molecule has 1 aromatic carbocycles. The molecule has 2 rings (SSSR count). The summed E-state index contributed by atoms with van der Waals surface area (Å²) in [7, 11) is 0. The Bertz CT molecular complexity index is 392. The summed E-state index contributed by atoms with van der Waals surface area (Å²) in [6, 6.07) is 5.76. The number of likely N-dealkylation sites (tertiary alicyclic amines) is 1. The van der Waals surface area contributed by atoms with Crippen LogP contribution in [0, 0.1) is 11.8 Å². The molecule has 3 atom stereocenters. The first-order valence-electron chi connectivity index (χ1n) is 6.42. The highest BCUT2D eigenvalue weighted by molar-refractivity contribution is 6.36. The Morgan fingerprint density at radius 3 is 2.17 bits per heavy atom. The van der Waals surface area contributed by atoms with Gasteiger partial charge in [-0.1, -0.05) is 43.1 Å². The van der Waals surface area contributed by atoms with Crippen LogP contribution in [0.2, 0.25) is 10.0 Å². The standard InChI is InChI=1S/C14H20Cl2N2/c1-9-7-18(8-10(9)2)13(6-17)14-11(15)4-3-5-12(14)16/h3-5,9-10,13H,6-8,17H2,1-2H3. The minimum Gasteiger partial charge on any atom is -0.329 e. The zero-order valence-electron chi connectivity index (χ0n) is 10.9. The van der Waals surface area contributed by atoms with E-state index >= 15 is 0 Å². The number of benzene rings is 1. The number of nitrogens with two attached hydrogens (primary N) is 1. The summed E-state index contributed by atoms with van der Waals surface area (Å²) in [5, 5.41) is 1.43. The molecule has 18 heavy (non-hydrogen) atoms. The second kappa shape index (κ2) is 5.79. The van der Waals surface area contributed by atoms with Crippen LogP contribution >= 0.6 is 23.2 Å². The quantitative estimate of drug-likeness (QED) is 0.920. The molecule has 1 saturated heterocycles. The second-order valence-electron chi connectivity index (χ2n) is 5.30. The van der Waals surface area contributed by atoms with Crippen molar-refractivity contribution in [3.63, 3.8) is 0 Å². The number of nitrogens with zero attached hydrogens (tertiary/aromatic N) is 1. The van der Waals surface area contributed by atoms with Crippen LogP contribution in [0.25, 0.3) is 0 Å². The van der Waals surface area contributed by atoms with Crippen LogP contribution in [-0.4, -0.2) is 24.5 Å². The number of hydrogen-bond acceptors (Lipinski definition) is 2. The highest BCUT2D eigenvalue weighted by Gasteiger charge is 2.32. The number of rotatable bonds is 3. The van der Waals surface area contributed by atoms with Crippen LogP contribution in [0.1, 0.15) is 25.5 Å². The first kappa shape index (κ1) is 14.1. The Morgan fingerprint density at radius 2 is 1.72 bits per heavy atom. The van der Waals surface area contributed by atoms with Crippen molar-refractivity contribution in [2.24, 2.45) is 17.6 Å². The third-order valence-electron chi connectivity index (χ3n) is 4.01. The predicted molar refractivity (Wildman–Crippen MR) is 78.2 cm³/mol. The Morgan fingerprint density at radius 1 is 1.22 bits per heavy atom. The number of hydrogen-bond donors (Lipinski definition) is 1. The minimum atomic E-state index is 0.124. The lowest BCUT2D eigenvalue weighted by Crippen LogP contribution is -2.32. The predicted octanol–water partition coefficient (Wildman–Crippen LogP) is 3.58. The molecule has 2 N–H and O–H groups in total. The van der Waals surface area contributed by atoms with Crippen LogP contribution < -0.4 is 5.73 Å². The fourth-order valence-electron chi connectivity index (χ4n) is 2.71. The highest BCUT2D eigenvalue weighted by atomic mass is 35.5. The molecule has 0 amide bonds. The Hall–Kier alpha value is -0.280. The summed E-state index contributed by atoms with van der Waals surface area (Å²) in [4.78, 5) is 2.41. The van der Waals surface area contributed by atoms with E-state index in [2.05, 4.69) is 18.7 Å². The summed E-state index contributed by atoms with van der Waals surface area (Å²) in [5.74, 6) is 1.39. The first-order chi connectivity index (χ1) is 8.54. The van der Waals surface area contributed by atoms with Gasteiger partial charge in [0.1, 0.15) is 0 Å². The van der Waals surface area contributed by atoms with Gasteiger partial charge in [0.2, 0.25) is 0 Å². The maximum Gasteiger partial charge on any atom is 0.0500 e. The Labute approximate surface area is 119 Å². The third-order valence-corrected chi connectivity index (χ3v) is 4.67. The molecule has 0 bridgehead atoms. The number of halogens is 2. The Balaban J connectivity index is 2.29. The zero-order chi connectivity index (χ0) is 13.3. The highest BCUT2D eigenvalue weighted by Crippen LogP contribution is 2.36. The molecule has 0 aliphatic carbocycles. The minimum absolute atomic E-state index is 0.124. The summed E-state index contributed by atoms with van der Waals surface area (Å²) in [6.45, 7) is 7.23. The van der Waals surface area contributed by atoms with E-state index in [1.807, 2.05) is 18.2 Å². The second-order valence-corrected chi connectivity index (χ2v) is 6.11. The fraction of sp³-hybridized carbons (Fsp3) is 0.571. The summed E-state index contributed by atoms with van der Waals surface area (Å²) in [5.41, 5.74) is 6.93. The van der Waals surface area contributed by atoms with Crippen molar-refractivity contribution in [3.05, 3.63) is 33.8 Å². The molecule has 1 aromatic rings. The van der Waals surface area contributed by atoms with Gasteiger partial charge in [0.05, 0.1) is 0 Å². The molecule has 1 aliphatic rings. The monoisotopic (exact) mass is 286 g/mol. The summed E-state index contributed by atoms with van der Waals surface area (Å²) >= 11 is 12.6. The van der Waals surface area contributed by atoms with Gasteiger partial charge in [-0.25, -0.2) is 0 Å². The largest absolute Gasteiger partial charge is 0.329 e. The molecule has 0 saturated carbocycles. The lowest BCUT2D eigenvalue weighted by Gasteiger charge is -2.28. The average molecular weight is 287 g/mol. The van der Waals surface area contributed by atoms with Crippen molar-refractivity contribution in [2.75, 3.05) is 19.6 Å². The van der Waals surface area contributed by atoms with E-state index in [0.29, 0.717) is 28.4 Å². The topological polar surface area (TPSA) is 29.3 Å². The van der Waals surface area contributed by atoms with E-state index in [-0.39, 0.29) is 6.04 Å². The van der Waals surface area contributed by atoms with Crippen molar-refractivity contribution in [2.45, 2.75) is 19.9 Å². The zero-order valence-corrected chi connectivity index (χ0v) is 12.4. The van der Waals surface area contributed by atoms with Crippen LogP contribution in [0.4, 0.5) is 0 Å². The molecule has 1 aliphatic heterocycles. The van der Waals surface area contributed by atoms with Gasteiger partial charge in [-0.3, -0.25) is 4.90 Å². The van der Waals surface area contributed by atoms with Crippen LogP contribution in [-0.2, 0) is 0 Å². The van der Waals surface area contributed by atoms with E-state index in [9.17, 15) is 0 Å². The maximum absolute atomic E-state index is 6.29. The van der Waals surface area contributed by atoms with Gasteiger partial charge < -0.3 is 5.73 Å². The van der Waals surface area contributed by atoms with Crippen molar-refractivity contribution in [3.8, 4) is 0 Å². The van der Waals surface area contributed by atoms with Crippen molar-refractivity contribution < 1.29 is 0 Å². The maximum atomic E-state index is 6.29. The van der Waals surface area contributed by atoms with Gasteiger partial charge >= 0.3 is 0 Å². The van der Waals surface area contributed by atoms with E-state index in [1.54, 1.807) is 0 Å². The van der Waals surface area contributed by atoms with E-state index < -0.39 is 0 Å². The molecule has 100 valence electrons. The molecule has 0 aromatic heterocycles. The molecule has 4 heteroatoms. The summed E-state index contributed by atoms with van der Waals surface area (Å²) < 4.78 is 0. The van der Waals surface area contributed by atoms with E-state index in [4.69, 9.17) is 28.9 Å². The first-order valence-corrected chi connectivity index (χ1v) is 7.18. The van der Waals surface area contributed by atoms with Gasteiger partial charge in [-0.15, -0.1) is 0 Å². The average Bonchev–Trinajstić information content (AvgIpc) is 2.64. The lowest BCUT2D eigenvalue weighted by atomic mass is 10.0. The van der Waals surface area contributed by atoms with Gasteiger partial charge in [0, 0.05) is 41.3 Å². The van der Waals surface area contributed by atoms with Crippen LogP contribution in [0.5, 0.6) is 0 Å². The normalized spacial score (nSPS) is 26.5. The third kappa shape index (κ3) is 2.67. The van der Waals surface area contributed by atoms with Gasteiger partial charge in [-0.2, -0.15) is 0 Å². The molecule has 0 radical (unpaired) electrons. The van der Waals surface area contributed by atoms with Crippen LogP contribution in [0.15, 0.2) is 18.2 Å². The van der Waals surface area contributed by atoms with E-state index in [1.165, 1.54) is 0 Å². The molecular weight excluding hydrogens is 267 g/mol. The van der Waals surface area contributed by atoms with Gasteiger partial charge in [0.15, 0.2) is 0 Å². The molecular formula is C14H20Cl2N2. The molecule has 2 nitrogen and oxygen atoms in total. The van der Waals surface area contributed by atoms with Gasteiger partial charge in [0.25, 0.3) is 0 Å². The van der Waals surface area contributed by atoms with Crippen molar-refractivity contribution in [1.29, 1.82) is 0 Å². The lowest BCUT2D eigenvalue weighted by molar-refractivity contribution is 0.240. The van der Waals surface area contributed by atoms with Crippen LogP contribution in [0.3, 0.4) is 0 Å². The van der Waals surface area contributed by atoms with Crippen molar-refractivity contribution >= 4 is 23.2 Å². The molecule has 1 heterocycles.